The summed E-state index contributed by atoms with van der Waals surface area (Å²) in [5.74, 6) is 0. The molecule has 0 atom stereocenters. The molecule has 6 aromatic carbocycles. The first-order valence-electron chi connectivity index (χ1n) is 18.7. The van der Waals surface area contributed by atoms with Gasteiger partial charge in [0.05, 0.1) is 23.5 Å². The fraction of sp³-hybridized carbons (Fsp3) is 0.120. The number of rotatable bonds is 8. The second-order valence-corrected chi connectivity index (χ2v) is 16.8. The van der Waals surface area contributed by atoms with E-state index in [1.54, 1.807) is 0 Å². The van der Waals surface area contributed by atoms with E-state index in [2.05, 4.69) is 171 Å². The summed E-state index contributed by atoms with van der Waals surface area (Å²) in [5, 5.41) is 1.27. The average Bonchev–Trinajstić information content (AvgIpc) is 3.62. The Morgan fingerprint density at radius 1 is 0.727 bits per heavy atom. The highest BCUT2D eigenvalue weighted by Gasteiger charge is 2.39. The summed E-state index contributed by atoms with van der Waals surface area (Å²) < 4.78 is 2.48. The molecule has 268 valence electrons. The van der Waals surface area contributed by atoms with Crippen LogP contribution in [0.5, 0.6) is 0 Å². The Balaban J connectivity index is 1.25. The lowest BCUT2D eigenvalue weighted by atomic mass is 9.82. The largest absolute Gasteiger partial charge is 0.309 e. The minimum Gasteiger partial charge on any atom is -0.309 e. The highest BCUT2D eigenvalue weighted by atomic mass is 32.2. The van der Waals surface area contributed by atoms with E-state index in [0.29, 0.717) is 6.54 Å². The van der Waals surface area contributed by atoms with Gasteiger partial charge in [-0.2, -0.15) is 0 Å². The van der Waals surface area contributed by atoms with Gasteiger partial charge in [0.1, 0.15) is 0 Å². The molecule has 7 aromatic rings. The summed E-state index contributed by atoms with van der Waals surface area (Å²) in [5.41, 5.74) is 14.9. The third-order valence-corrected chi connectivity index (χ3v) is 13.5. The van der Waals surface area contributed by atoms with Gasteiger partial charge in [-0.25, -0.2) is 0 Å². The third-order valence-electron chi connectivity index (χ3n) is 10.9. The van der Waals surface area contributed by atoms with Crippen molar-refractivity contribution >= 4 is 58.6 Å². The first-order chi connectivity index (χ1) is 26.9. The van der Waals surface area contributed by atoms with Crippen molar-refractivity contribution in [2.45, 2.75) is 59.2 Å². The second kappa shape index (κ2) is 14.2. The second-order valence-electron chi connectivity index (χ2n) is 14.6. The Morgan fingerprint density at radius 3 is 2.11 bits per heavy atom. The van der Waals surface area contributed by atoms with Crippen LogP contribution >= 0.6 is 23.5 Å². The molecular weight excluding hydrogens is 707 g/mol. The Bertz CT molecular complexity index is 2730. The quantitative estimate of drug-likeness (QED) is 0.145. The van der Waals surface area contributed by atoms with Gasteiger partial charge < -0.3 is 4.57 Å². The first kappa shape index (κ1) is 35.1. The summed E-state index contributed by atoms with van der Waals surface area (Å²) in [4.78, 5) is 15.0. The lowest BCUT2D eigenvalue weighted by molar-refractivity contribution is 0.658. The van der Waals surface area contributed by atoms with E-state index < -0.39 is 0 Å². The van der Waals surface area contributed by atoms with Crippen LogP contribution in [0.25, 0.3) is 39.5 Å². The van der Waals surface area contributed by atoms with Crippen molar-refractivity contribution in [2.24, 2.45) is 9.98 Å². The Kier molecular flexibility index (Phi) is 9.08. The molecule has 0 saturated carbocycles. The molecule has 1 aromatic heterocycles. The van der Waals surface area contributed by atoms with Crippen LogP contribution in [0.15, 0.2) is 175 Å². The molecule has 1 aliphatic carbocycles. The van der Waals surface area contributed by atoms with E-state index in [4.69, 9.17) is 4.99 Å². The molecule has 0 saturated heterocycles. The van der Waals surface area contributed by atoms with Crippen molar-refractivity contribution in [1.29, 1.82) is 0 Å². The summed E-state index contributed by atoms with van der Waals surface area (Å²) in [6, 6.07) is 47.9. The molecule has 0 amide bonds. The SMILES string of the molecule is C=N/C(=C\C(=NCc1ccccc1)c1cccc(-n2c(/C=C\C)c(C)c3ccc4c(c32)-c2cc3c(cc2C4(C)C)Sc2ccccc2S3)c1)c1ccccc1. The van der Waals surface area contributed by atoms with Crippen LogP contribution in [0, 0.1) is 6.92 Å². The number of hydrogen-bond acceptors (Lipinski definition) is 4. The summed E-state index contributed by atoms with van der Waals surface area (Å²) in [6.07, 6.45) is 6.48. The van der Waals surface area contributed by atoms with Crippen molar-refractivity contribution in [3.05, 3.63) is 185 Å². The number of aryl methyl sites for hydroxylation is 1. The molecule has 0 bridgehead atoms. The summed E-state index contributed by atoms with van der Waals surface area (Å²) in [6.45, 7) is 13.6. The maximum Gasteiger partial charge on any atom is 0.0716 e. The molecule has 55 heavy (non-hydrogen) atoms. The number of benzene rings is 6. The van der Waals surface area contributed by atoms with Crippen LogP contribution in [0.4, 0.5) is 0 Å². The molecule has 0 unspecified atom stereocenters. The van der Waals surface area contributed by atoms with E-state index in [0.717, 1.165) is 33.8 Å². The minimum absolute atomic E-state index is 0.157. The van der Waals surface area contributed by atoms with Crippen molar-refractivity contribution < 1.29 is 0 Å². The molecule has 5 heteroatoms. The number of aromatic nitrogens is 1. The topological polar surface area (TPSA) is 29.6 Å². The van der Waals surface area contributed by atoms with E-state index in [-0.39, 0.29) is 5.41 Å². The van der Waals surface area contributed by atoms with Crippen LogP contribution < -0.4 is 0 Å². The molecule has 3 nitrogen and oxygen atoms in total. The molecule has 0 fully saturated rings. The molecule has 0 spiro atoms. The number of fused-ring (bicyclic) bond motifs is 7. The molecule has 9 rings (SSSR count). The maximum atomic E-state index is 5.23. The van der Waals surface area contributed by atoms with Gasteiger partial charge in [-0.05, 0) is 96.9 Å². The molecule has 2 heterocycles. The maximum absolute atomic E-state index is 5.23. The minimum atomic E-state index is -0.157. The average molecular weight is 748 g/mol. The van der Waals surface area contributed by atoms with Gasteiger partial charge in [-0.3, -0.25) is 9.98 Å². The van der Waals surface area contributed by atoms with E-state index >= 15 is 0 Å². The van der Waals surface area contributed by atoms with Crippen molar-refractivity contribution in [3.8, 4) is 16.8 Å². The Hall–Kier alpha value is -5.62. The van der Waals surface area contributed by atoms with Gasteiger partial charge in [0.2, 0.25) is 0 Å². The van der Waals surface area contributed by atoms with Crippen molar-refractivity contribution in [2.75, 3.05) is 0 Å². The number of aliphatic imine (C=N–C) groups is 2. The normalized spacial score (nSPS) is 14.5. The van der Waals surface area contributed by atoms with Gasteiger partial charge in [-0.1, -0.05) is 141 Å². The molecule has 1 aliphatic heterocycles. The van der Waals surface area contributed by atoms with Gasteiger partial charge >= 0.3 is 0 Å². The van der Waals surface area contributed by atoms with E-state index in [9.17, 15) is 0 Å². The number of hydrogen-bond donors (Lipinski definition) is 0. The Morgan fingerprint density at radius 2 is 1.40 bits per heavy atom. The third kappa shape index (κ3) is 6.12. The van der Waals surface area contributed by atoms with Gasteiger partial charge in [0.15, 0.2) is 0 Å². The summed E-state index contributed by atoms with van der Waals surface area (Å²) in [7, 11) is 0. The predicted molar refractivity (Wildman–Crippen MR) is 236 cm³/mol. The number of allylic oxidation sites excluding steroid dienone is 2. The highest BCUT2D eigenvalue weighted by Crippen LogP contribution is 2.57. The summed E-state index contributed by atoms with van der Waals surface area (Å²) >= 11 is 3.78. The van der Waals surface area contributed by atoms with Crippen molar-refractivity contribution in [1.82, 2.24) is 4.57 Å². The zero-order valence-electron chi connectivity index (χ0n) is 31.5. The van der Waals surface area contributed by atoms with Gasteiger partial charge in [0.25, 0.3) is 0 Å². The van der Waals surface area contributed by atoms with Gasteiger partial charge in [-0.15, -0.1) is 0 Å². The van der Waals surface area contributed by atoms with E-state index in [1.165, 1.54) is 64.0 Å². The zero-order chi connectivity index (χ0) is 37.7. The fourth-order valence-electron chi connectivity index (χ4n) is 8.16. The predicted octanol–water partition coefficient (Wildman–Crippen LogP) is 13.6. The van der Waals surface area contributed by atoms with Crippen LogP contribution in [0.2, 0.25) is 0 Å². The lowest BCUT2D eigenvalue weighted by Gasteiger charge is -2.24. The Labute approximate surface area is 332 Å². The lowest BCUT2D eigenvalue weighted by Crippen LogP contribution is -2.15. The fourth-order valence-corrected chi connectivity index (χ4v) is 10.4. The smallest absolute Gasteiger partial charge is 0.0716 e. The molecule has 0 N–H and O–H groups in total. The molecular formula is C50H41N3S2. The monoisotopic (exact) mass is 747 g/mol. The standard InChI is InChI=1S/C50H41N3S2/c1-6-16-43-32(2)37-25-26-39-48(38-28-46-47(29-40(38)50(39,3)4)55-45-24-14-13-23-44(45)54-46)49(37)53(43)36-22-15-21-35(27-36)42(52-31-33-17-9-7-10-18-33)30-41(51-5)34-19-11-8-12-20-34/h6-30H,5,31H2,1-4H3/b16-6-,41-30-,52-42?. The number of nitrogens with zero attached hydrogens (tertiary/aromatic N) is 3. The van der Waals surface area contributed by atoms with Crippen molar-refractivity contribution in [3.63, 3.8) is 0 Å². The van der Waals surface area contributed by atoms with Crippen LogP contribution in [-0.2, 0) is 12.0 Å². The van der Waals surface area contributed by atoms with Crippen LogP contribution in [0.1, 0.15) is 59.8 Å². The molecule has 0 radical (unpaired) electrons. The van der Waals surface area contributed by atoms with Gasteiger partial charge in [0, 0.05) is 58.5 Å². The first-order valence-corrected chi connectivity index (χ1v) is 20.4. The van der Waals surface area contributed by atoms with E-state index in [1.807, 2.05) is 47.8 Å². The van der Waals surface area contributed by atoms with Crippen LogP contribution in [0.3, 0.4) is 0 Å². The zero-order valence-corrected chi connectivity index (χ0v) is 33.1. The molecule has 2 aliphatic rings. The highest BCUT2D eigenvalue weighted by molar-refractivity contribution is 8.05. The van der Waals surface area contributed by atoms with Crippen LogP contribution in [-0.4, -0.2) is 17.0 Å².